The molecule has 53 heavy (non-hydrogen) atoms. The number of benzene rings is 1. The first-order chi connectivity index (χ1) is 25.7. The molecule has 1 aromatic carbocycles. The first kappa shape index (κ1) is 44.5. The highest BCUT2D eigenvalue weighted by atomic mass is 79.9. The van der Waals surface area contributed by atoms with Gasteiger partial charge in [0.1, 0.15) is 6.04 Å². The molecule has 2 aromatic rings. The summed E-state index contributed by atoms with van der Waals surface area (Å²) in [6.07, 6.45) is 23.7. The predicted molar refractivity (Wildman–Crippen MR) is 220 cm³/mol. The molecule has 1 atom stereocenters. The normalized spacial score (nSPS) is 16.4. The summed E-state index contributed by atoms with van der Waals surface area (Å²) in [6, 6.07) is 5.05. The smallest absolute Gasteiger partial charge is 0.244 e. The van der Waals surface area contributed by atoms with Crippen molar-refractivity contribution in [1.82, 2.24) is 26.3 Å². The maximum absolute atomic E-state index is 13.3. The molecule has 3 rings (SSSR count). The summed E-state index contributed by atoms with van der Waals surface area (Å²) in [4.78, 5) is 54.9. The number of hydrogen-bond donors (Lipinski definition) is 5. The van der Waals surface area contributed by atoms with Crippen molar-refractivity contribution in [1.29, 1.82) is 0 Å². The Bertz CT molecular complexity index is 1370. The van der Waals surface area contributed by atoms with Crippen molar-refractivity contribution in [3.8, 4) is 0 Å². The molecule has 1 fully saturated rings. The lowest BCUT2D eigenvalue weighted by atomic mass is 9.76. The van der Waals surface area contributed by atoms with E-state index in [9.17, 15) is 19.2 Å². The molecule has 0 bridgehead atoms. The Hall–Kier alpha value is -2.88. The van der Waals surface area contributed by atoms with Crippen LogP contribution in [0.3, 0.4) is 0 Å². The van der Waals surface area contributed by atoms with Crippen molar-refractivity contribution in [2.75, 3.05) is 19.6 Å². The van der Waals surface area contributed by atoms with Crippen LogP contribution in [0.15, 0.2) is 28.9 Å². The Kier molecular flexibility index (Phi) is 21.9. The topological polar surface area (TPSA) is 132 Å². The van der Waals surface area contributed by atoms with E-state index in [-0.39, 0.29) is 42.5 Å². The quantitative estimate of drug-likeness (QED) is 0.0577. The van der Waals surface area contributed by atoms with Gasteiger partial charge in [-0.25, -0.2) is 0 Å². The average molecular weight is 801 g/mol. The number of carbonyl (C=O) groups is 4. The minimum Gasteiger partial charge on any atom is -0.361 e. The Morgan fingerprint density at radius 1 is 0.755 bits per heavy atom. The molecule has 10 heteroatoms. The fourth-order valence-electron chi connectivity index (χ4n) is 7.52. The zero-order valence-electron chi connectivity index (χ0n) is 33.1. The molecule has 1 unspecified atom stereocenters. The number of unbranched alkanes of at least 4 members (excludes halogenated alkanes) is 13. The summed E-state index contributed by atoms with van der Waals surface area (Å²) >= 11 is 3.51. The Morgan fingerprint density at radius 3 is 2.00 bits per heavy atom. The summed E-state index contributed by atoms with van der Waals surface area (Å²) in [6.45, 7) is 8.15. The van der Waals surface area contributed by atoms with Gasteiger partial charge >= 0.3 is 0 Å². The van der Waals surface area contributed by atoms with Gasteiger partial charge in [0.15, 0.2) is 0 Å². The Balaban J connectivity index is 1.31. The molecule has 0 saturated heterocycles. The molecule has 1 heterocycles. The van der Waals surface area contributed by atoms with E-state index in [1.54, 1.807) is 0 Å². The van der Waals surface area contributed by atoms with Crippen molar-refractivity contribution in [2.24, 2.45) is 17.8 Å². The van der Waals surface area contributed by atoms with Gasteiger partial charge in [0.05, 0.1) is 6.42 Å². The average Bonchev–Trinajstić information content (AvgIpc) is 3.54. The zero-order chi connectivity index (χ0) is 38.3. The molecule has 0 radical (unpaired) electrons. The first-order valence-corrected chi connectivity index (χ1v) is 21.8. The number of fused-ring (bicyclic) bond motifs is 1. The van der Waals surface area contributed by atoms with Gasteiger partial charge in [0.2, 0.25) is 23.6 Å². The van der Waals surface area contributed by atoms with Gasteiger partial charge in [0, 0.05) is 53.5 Å². The molecule has 1 aliphatic rings. The van der Waals surface area contributed by atoms with Crippen molar-refractivity contribution < 1.29 is 19.2 Å². The van der Waals surface area contributed by atoms with E-state index in [1.165, 1.54) is 57.8 Å². The Labute approximate surface area is 328 Å². The summed E-state index contributed by atoms with van der Waals surface area (Å²) in [5.74, 6) is 0.899. The number of aromatic nitrogens is 1. The van der Waals surface area contributed by atoms with Gasteiger partial charge in [-0.2, -0.15) is 0 Å². The van der Waals surface area contributed by atoms with E-state index in [0.29, 0.717) is 24.8 Å². The summed E-state index contributed by atoms with van der Waals surface area (Å²) < 4.78 is 0.931. The summed E-state index contributed by atoms with van der Waals surface area (Å²) in [7, 11) is 0. The van der Waals surface area contributed by atoms with Crippen molar-refractivity contribution in [3.63, 3.8) is 0 Å². The van der Waals surface area contributed by atoms with E-state index in [2.05, 4.69) is 63.0 Å². The third-order valence-corrected chi connectivity index (χ3v) is 11.5. The lowest BCUT2D eigenvalue weighted by molar-refractivity contribution is -0.130. The summed E-state index contributed by atoms with van der Waals surface area (Å²) in [5, 5.41) is 13.0. The highest BCUT2D eigenvalue weighted by Crippen LogP contribution is 2.33. The van der Waals surface area contributed by atoms with Gasteiger partial charge in [0.25, 0.3) is 0 Å². The second-order valence-electron chi connectivity index (χ2n) is 15.7. The third kappa shape index (κ3) is 17.9. The number of halogens is 1. The summed E-state index contributed by atoms with van der Waals surface area (Å²) in [5.41, 5.74) is 1.80. The maximum atomic E-state index is 13.3. The SMILES string of the molecule is CCCCCCCCNC(=O)CCCCCCCCCCCNC(=O)C(CNC(=O)C1CCC(C(C)C)CC1)NC(=O)Cc1c[nH]c2ccc(Br)cc12. The van der Waals surface area contributed by atoms with E-state index >= 15 is 0 Å². The van der Waals surface area contributed by atoms with Crippen LogP contribution in [-0.2, 0) is 25.6 Å². The Morgan fingerprint density at radius 2 is 1.36 bits per heavy atom. The second kappa shape index (κ2) is 26.0. The van der Waals surface area contributed by atoms with Crippen LogP contribution in [0.25, 0.3) is 10.9 Å². The van der Waals surface area contributed by atoms with Crippen LogP contribution in [0.1, 0.15) is 155 Å². The van der Waals surface area contributed by atoms with Gasteiger partial charge in [-0.3, -0.25) is 19.2 Å². The van der Waals surface area contributed by atoms with Crippen LogP contribution in [-0.4, -0.2) is 54.3 Å². The third-order valence-electron chi connectivity index (χ3n) is 11.0. The lowest BCUT2D eigenvalue weighted by Gasteiger charge is -2.30. The van der Waals surface area contributed by atoms with Crippen LogP contribution in [0.5, 0.6) is 0 Å². The van der Waals surface area contributed by atoms with Crippen molar-refractivity contribution >= 4 is 50.5 Å². The molecular formula is C43H70BrN5O4. The zero-order valence-corrected chi connectivity index (χ0v) is 34.7. The minimum absolute atomic E-state index is 0.0231. The van der Waals surface area contributed by atoms with E-state index in [1.807, 2.05) is 24.4 Å². The fraction of sp³-hybridized carbons (Fsp3) is 0.721. The number of nitrogens with one attached hydrogen (secondary N) is 5. The molecule has 9 nitrogen and oxygen atoms in total. The number of H-pyrrole nitrogens is 1. The molecule has 298 valence electrons. The van der Waals surface area contributed by atoms with Crippen molar-refractivity contribution in [2.45, 2.75) is 162 Å². The standard InChI is InChI=1S/C43H70BrN5O4/c1-4-5-6-7-14-17-26-45-40(50)19-16-13-11-9-8-10-12-15-18-27-46-43(53)39(31-48-42(52)34-22-20-33(21-23-34)32(2)3)49-41(51)28-35-30-47-38-25-24-36(44)29-37(35)38/h24-25,29-30,32-34,39,47H,4-23,26-28,31H2,1-3H3,(H,45,50)(H,46,53)(H,48,52)(H,49,51). The van der Waals surface area contributed by atoms with E-state index in [4.69, 9.17) is 0 Å². The second-order valence-corrected chi connectivity index (χ2v) is 16.7. The van der Waals surface area contributed by atoms with Gasteiger partial charge in [-0.05, 0) is 80.5 Å². The number of amides is 4. The van der Waals surface area contributed by atoms with Crippen LogP contribution in [0.4, 0.5) is 0 Å². The minimum atomic E-state index is -0.846. The molecule has 1 saturated carbocycles. The number of aromatic amines is 1. The fourth-order valence-corrected chi connectivity index (χ4v) is 7.88. The van der Waals surface area contributed by atoms with Crippen LogP contribution in [0, 0.1) is 17.8 Å². The number of carbonyl (C=O) groups excluding carboxylic acids is 4. The van der Waals surface area contributed by atoms with Gasteiger partial charge in [-0.1, -0.05) is 114 Å². The highest BCUT2D eigenvalue weighted by molar-refractivity contribution is 9.10. The number of hydrogen-bond acceptors (Lipinski definition) is 4. The lowest BCUT2D eigenvalue weighted by Crippen LogP contribution is -2.53. The van der Waals surface area contributed by atoms with E-state index < -0.39 is 6.04 Å². The molecule has 5 N–H and O–H groups in total. The van der Waals surface area contributed by atoms with Crippen molar-refractivity contribution in [3.05, 3.63) is 34.4 Å². The predicted octanol–water partition coefficient (Wildman–Crippen LogP) is 9.03. The highest BCUT2D eigenvalue weighted by Gasteiger charge is 2.29. The van der Waals surface area contributed by atoms with E-state index in [0.717, 1.165) is 91.7 Å². The van der Waals surface area contributed by atoms with Gasteiger partial charge < -0.3 is 26.3 Å². The monoisotopic (exact) mass is 799 g/mol. The number of rotatable bonds is 27. The largest absolute Gasteiger partial charge is 0.361 e. The molecule has 0 spiro atoms. The van der Waals surface area contributed by atoms with Crippen LogP contribution in [0.2, 0.25) is 0 Å². The van der Waals surface area contributed by atoms with Gasteiger partial charge in [-0.15, -0.1) is 0 Å². The van der Waals surface area contributed by atoms with Crippen LogP contribution < -0.4 is 21.3 Å². The molecule has 1 aromatic heterocycles. The molecule has 1 aliphatic carbocycles. The molecular weight excluding hydrogens is 730 g/mol. The first-order valence-electron chi connectivity index (χ1n) is 21.0. The maximum Gasteiger partial charge on any atom is 0.244 e. The molecule has 4 amide bonds. The molecule has 0 aliphatic heterocycles. The van der Waals surface area contributed by atoms with Crippen LogP contribution >= 0.6 is 15.9 Å².